The summed E-state index contributed by atoms with van der Waals surface area (Å²) < 4.78 is 15.9. The molecule has 0 bridgehead atoms. The number of para-hydroxylation sites is 1. The first kappa shape index (κ1) is 25.0. The molecule has 2 aromatic carbocycles. The van der Waals surface area contributed by atoms with Crippen molar-refractivity contribution in [1.29, 1.82) is 0 Å². The number of hydrogen-bond acceptors (Lipinski definition) is 5. The lowest BCUT2D eigenvalue weighted by atomic mass is 10.0. The quantitative estimate of drug-likeness (QED) is 0.189. The number of carbonyl (C=O) groups is 1. The molecule has 0 aliphatic carbocycles. The van der Waals surface area contributed by atoms with E-state index in [0.717, 1.165) is 11.4 Å². The van der Waals surface area contributed by atoms with Gasteiger partial charge in [0.2, 0.25) is 5.91 Å². The molecule has 1 fully saturated rings. The first-order valence-electron chi connectivity index (χ1n) is 11.9. The number of rotatable bonds is 8. The summed E-state index contributed by atoms with van der Waals surface area (Å²) >= 11 is 5.68. The molecular weight excluding hydrogens is 507 g/mol. The monoisotopic (exact) mass is 530 g/mol. The van der Waals surface area contributed by atoms with E-state index in [-0.39, 0.29) is 42.3 Å². The van der Waals surface area contributed by atoms with Crippen LogP contribution in [0.15, 0.2) is 91.3 Å². The van der Waals surface area contributed by atoms with E-state index in [1.165, 1.54) is 24.3 Å². The Morgan fingerprint density at radius 2 is 1.92 bits per heavy atom. The Morgan fingerprint density at radius 1 is 1.11 bits per heavy atom. The molecule has 2 N–H and O–H groups in total. The number of hydrogen-bond donors (Lipinski definition) is 2. The van der Waals surface area contributed by atoms with Gasteiger partial charge in [0.25, 0.3) is 5.69 Å². The molecule has 0 saturated carbocycles. The average molecular weight is 531 g/mol. The second kappa shape index (κ2) is 10.8. The summed E-state index contributed by atoms with van der Waals surface area (Å²) in [5, 5.41) is 17.8. The number of nitrogens with zero attached hydrogens (tertiary/aromatic N) is 4. The molecule has 1 saturated heterocycles. The maximum atomic E-state index is 14.0. The number of thiocarbonyl (C=S) groups is 1. The maximum absolute atomic E-state index is 14.0. The van der Waals surface area contributed by atoms with E-state index < -0.39 is 10.7 Å². The van der Waals surface area contributed by atoms with Crippen LogP contribution in [0.2, 0.25) is 0 Å². The lowest BCUT2D eigenvalue weighted by Crippen LogP contribution is -2.33. The summed E-state index contributed by atoms with van der Waals surface area (Å²) in [4.78, 5) is 30.1. The normalized spacial score (nSPS) is 16.8. The van der Waals surface area contributed by atoms with Crippen molar-refractivity contribution in [2.75, 3.05) is 11.9 Å². The molecule has 0 spiro atoms. The van der Waals surface area contributed by atoms with Gasteiger partial charge in [-0.05, 0) is 54.7 Å². The molecule has 0 unspecified atom stereocenters. The molecule has 1 amide bonds. The molecule has 9 nitrogen and oxygen atoms in total. The van der Waals surface area contributed by atoms with E-state index in [1.54, 1.807) is 30.5 Å². The molecular formula is C27H23FN6O3S. The minimum atomic E-state index is -0.512. The SMILES string of the molecule is O=C(CCN1C(=S)N[C@H](c2ccccn2)[C@H]1c1cccn1-c1cccc([N+](=O)[O-])c1)Nc1ccccc1F. The zero-order valence-corrected chi connectivity index (χ0v) is 20.8. The second-order valence-corrected chi connectivity index (χ2v) is 9.06. The van der Waals surface area contributed by atoms with Crippen LogP contribution in [-0.2, 0) is 4.79 Å². The predicted octanol–water partition coefficient (Wildman–Crippen LogP) is 4.92. The van der Waals surface area contributed by atoms with Gasteiger partial charge in [-0.2, -0.15) is 0 Å². The number of amides is 1. The molecule has 5 rings (SSSR count). The molecule has 2 atom stereocenters. The standard InChI is InChI=1S/C27H23FN6O3S/c28-20-9-1-2-10-21(20)30-24(35)13-16-33-26(25(31-27(33)38)22-11-3-4-14-29-22)23-12-6-15-32(23)18-7-5-8-19(17-18)34(36)37/h1-12,14-15,17,25-26H,13,16H2,(H,30,35)(H,31,38)/t25-,26-/m1/s1. The van der Waals surface area contributed by atoms with Crippen LogP contribution in [0.4, 0.5) is 15.8 Å². The van der Waals surface area contributed by atoms with Gasteiger partial charge in [-0.3, -0.25) is 19.9 Å². The van der Waals surface area contributed by atoms with Crippen molar-refractivity contribution >= 4 is 34.6 Å². The number of anilines is 1. The van der Waals surface area contributed by atoms with Crippen molar-refractivity contribution in [1.82, 2.24) is 19.8 Å². The van der Waals surface area contributed by atoms with Crippen LogP contribution >= 0.6 is 12.2 Å². The number of nitro benzene ring substituents is 1. The van der Waals surface area contributed by atoms with Crippen LogP contribution in [0, 0.1) is 15.9 Å². The number of nitrogens with one attached hydrogen (secondary N) is 2. The number of aromatic nitrogens is 2. The highest BCUT2D eigenvalue weighted by Gasteiger charge is 2.41. The molecule has 4 aromatic rings. The first-order chi connectivity index (χ1) is 18.4. The summed E-state index contributed by atoms with van der Waals surface area (Å²) in [7, 11) is 0. The highest BCUT2D eigenvalue weighted by atomic mass is 32.1. The third-order valence-corrected chi connectivity index (χ3v) is 6.68. The first-order valence-corrected chi connectivity index (χ1v) is 12.3. The van der Waals surface area contributed by atoms with Gasteiger partial charge < -0.3 is 20.1 Å². The van der Waals surface area contributed by atoms with Gasteiger partial charge in [0.1, 0.15) is 5.82 Å². The molecule has 1 aliphatic heterocycles. The Morgan fingerprint density at radius 3 is 2.68 bits per heavy atom. The molecule has 38 heavy (non-hydrogen) atoms. The fourth-order valence-electron chi connectivity index (χ4n) is 4.59. The van der Waals surface area contributed by atoms with E-state index in [9.17, 15) is 19.3 Å². The van der Waals surface area contributed by atoms with Crippen LogP contribution in [0.3, 0.4) is 0 Å². The number of carbonyl (C=O) groups excluding carboxylic acids is 1. The van der Waals surface area contributed by atoms with Crippen LogP contribution in [-0.4, -0.2) is 36.9 Å². The van der Waals surface area contributed by atoms with Crippen LogP contribution in [0.1, 0.15) is 29.9 Å². The van der Waals surface area contributed by atoms with Gasteiger partial charge in [-0.1, -0.05) is 24.3 Å². The van der Waals surface area contributed by atoms with E-state index in [0.29, 0.717) is 10.8 Å². The van der Waals surface area contributed by atoms with Gasteiger partial charge in [0.05, 0.1) is 34.1 Å². The lowest BCUT2D eigenvalue weighted by molar-refractivity contribution is -0.384. The van der Waals surface area contributed by atoms with E-state index >= 15 is 0 Å². The van der Waals surface area contributed by atoms with Crippen molar-refractivity contribution in [2.45, 2.75) is 18.5 Å². The van der Waals surface area contributed by atoms with Crippen molar-refractivity contribution in [3.63, 3.8) is 0 Å². The van der Waals surface area contributed by atoms with Crippen molar-refractivity contribution < 1.29 is 14.1 Å². The number of nitro groups is 1. The Bertz CT molecular complexity index is 1490. The van der Waals surface area contributed by atoms with Crippen molar-refractivity contribution in [3.8, 4) is 5.69 Å². The molecule has 2 aromatic heterocycles. The highest BCUT2D eigenvalue weighted by molar-refractivity contribution is 7.80. The average Bonchev–Trinajstić information content (AvgIpc) is 3.53. The smallest absolute Gasteiger partial charge is 0.271 e. The van der Waals surface area contributed by atoms with Crippen LogP contribution in [0.25, 0.3) is 5.69 Å². The number of pyridine rings is 1. The Hall–Kier alpha value is -4.64. The fraction of sp³-hybridized carbons (Fsp3) is 0.148. The molecule has 1 aliphatic rings. The van der Waals surface area contributed by atoms with E-state index in [1.807, 2.05) is 46.0 Å². The van der Waals surface area contributed by atoms with Crippen LogP contribution in [0.5, 0.6) is 0 Å². The third-order valence-electron chi connectivity index (χ3n) is 6.33. The lowest BCUT2D eigenvalue weighted by Gasteiger charge is -2.28. The second-order valence-electron chi connectivity index (χ2n) is 8.68. The van der Waals surface area contributed by atoms with E-state index in [4.69, 9.17) is 12.2 Å². The summed E-state index contributed by atoms with van der Waals surface area (Å²) in [6, 6.07) is 21.0. The van der Waals surface area contributed by atoms with E-state index in [2.05, 4.69) is 15.6 Å². The fourth-order valence-corrected chi connectivity index (χ4v) is 4.92. The molecule has 11 heteroatoms. The number of non-ortho nitro benzene ring substituents is 1. The Labute approximate surface area is 223 Å². The minimum absolute atomic E-state index is 0.0230. The van der Waals surface area contributed by atoms with Gasteiger partial charge >= 0.3 is 0 Å². The van der Waals surface area contributed by atoms with Gasteiger partial charge in [0.15, 0.2) is 5.11 Å². The zero-order valence-electron chi connectivity index (χ0n) is 20.0. The molecule has 0 radical (unpaired) electrons. The minimum Gasteiger partial charge on any atom is -0.352 e. The summed E-state index contributed by atoms with van der Waals surface area (Å²) in [5.74, 6) is -0.867. The van der Waals surface area contributed by atoms with Gasteiger partial charge in [-0.15, -0.1) is 0 Å². The Kier molecular flexibility index (Phi) is 7.09. The topological polar surface area (TPSA) is 105 Å². The Balaban J connectivity index is 1.47. The largest absolute Gasteiger partial charge is 0.352 e. The predicted molar refractivity (Wildman–Crippen MR) is 144 cm³/mol. The van der Waals surface area contributed by atoms with Crippen molar-refractivity contribution in [3.05, 3.63) is 119 Å². The summed E-state index contributed by atoms with van der Waals surface area (Å²) in [6.45, 7) is 0.250. The van der Waals surface area contributed by atoms with Crippen LogP contribution < -0.4 is 10.6 Å². The zero-order chi connectivity index (χ0) is 26.6. The third kappa shape index (κ3) is 5.09. The van der Waals surface area contributed by atoms with Crippen molar-refractivity contribution in [2.24, 2.45) is 0 Å². The van der Waals surface area contributed by atoms with Gasteiger partial charge in [-0.25, -0.2) is 4.39 Å². The maximum Gasteiger partial charge on any atom is 0.271 e. The van der Waals surface area contributed by atoms with Gasteiger partial charge in [0, 0.05) is 43.2 Å². The summed E-state index contributed by atoms with van der Waals surface area (Å²) in [5.41, 5.74) is 2.27. The summed E-state index contributed by atoms with van der Waals surface area (Å²) in [6.07, 6.45) is 3.58. The number of halogens is 1. The highest BCUT2D eigenvalue weighted by Crippen LogP contribution is 2.39. The number of benzene rings is 2. The molecule has 192 valence electrons. The molecule has 3 heterocycles.